The summed E-state index contributed by atoms with van der Waals surface area (Å²) in [6.07, 6.45) is 0. The van der Waals surface area contributed by atoms with Crippen LogP contribution in [0.1, 0.15) is 11.1 Å². The van der Waals surface area contributed by atoms with Gasteiger partial charge in [-0.25, -0.2) is 0 Å². The average molecular weight is 429 g/mol. The van der Waals surface area contributed by atoms with E-state index in [0.717, 1.165) is 11.1 Å². The highest BCUT2D eigenvalue weighted by molar-refractivity contribution is 5.80. The van der Waals surface area contributed by atoms with Crippen LogP contribution >= 0.6 is 0 Å². The number of carbonyl (C=O) groups excluding carboxylic acids is 1. The summed E-state index contributed by atoms with van der Waals surface area (Å²) in [5, 5.41) is 2.80. The van der Waals surface area contributed by atoms with Gasteiger partial charge in [0.05, 0.1) is 24.7 Å². The van der Waals surface area contributed by atoms with Gasteiger partial charge in [-0.05, 0) is 23.8 Å². The first-order valence-electron chi connectivity index (χ1n) is 10.2. The molecule has 0 unspecified atom stereocenters. The van der Waals surface area contributed by atoms with Gasteiger partial charge in [-0.1, -0.05) is 60.7 Å². The van der Waals surface area contributed by atoms with Crippen molar-refractivity contribution in [3.05, 3.63) is 111 Å². The molecule has 0 fully saturated rings. The van der Waals surface area contributed by atoms with Crippen molar-refractivity contribution in [2.45, 2.75) is 19.6 Å². The van der Waals surface area contributed by atoms with E-state index >= 15 is 0 Å². The number of aromatic nitrogens is 2. The Kier molecular flexibility index (Phi) is 6.17. The molecule has 0 aliphatic carbocycles. The minimum absolute atomic E-state index is 0.251. The lowest BCUT2D eigenvalue weighted by atomic mass is 10.2. The van der Waals surface area contributed by atoms with Gasteiger partial charge in [0.1, 0.15) is 12.3 Å². The molecule has 1 amide bonds. The van der Waals surface area contributed by atoms with Gasteiger partial charge >= 0.3 is 11.1 Å². The van der Waals surface area contributed by atoms with Crippen molar-refractivity contribution in [1.82, 2.24) is 14.5 Å². The largest absolute Gasteiger partial charge is 0.496 e. The fourth-order valence-electron chi connectivity index (χ4n) is 3.69. The van der Waals surface area contributed by atoms with Gasteiger partial charge in [0.2, 0.25) is 5.91 Å². The molecule has 1 N–H and O–H groups in total. The number of nitrogens with one attached hydrogen (secondary N) is 1. The second-order valence-corrected chi connectivity index (χ2v) is 7.35. The summed E-state index contributed by atoms with van der Waals surface area (Å²) < 4.78 is 7.99. The molecule has 7 nitrogen and oxygen atoms in total. The average Bonchev–Trinajstić information content (AvgIpc) is 2.84. The molecule has 1 heterocycles. The number of para-hydroxylation sites is 3. The third-order valence-electron chi connectivity index (χ3n) is 5.29. The number of carbonyl (C=O) groups is 1. The number of hydrogen-bond acceptors (Lipinski definition) is 4. The summed E-state index contributed by atoms with van der Waals surface area (Å²) in [7, 11) is 1.57. The third-order valence-corrected chi connectivity index (χ3v) is 5.29. The Hall–Kier alpha value is -4.13. The second kappa shape index (κ2) is 9.34. The van der Waals surface area contributed by atoms with E-state index in [1.165, 1.54) is 9.13 Å². The molecular formula is C25H23N3O4. The van der Waals surface area contributed by atoms with E-state index in [9.17, 15) is 14.4 Å². The molecule has 1 aromatic heterocycles. The van der Waals surface area contributed by atoms with Crippen LogP contribution in [-0.2, 0) is 24.4 Å². The third kappa shape index (κ3) is 4.32. The molecule has 0 spiro atoms. The molecule has 4 aromatic rings. The molecule has 0 saturated heterocycles. The summed E-state index contributed by atoms with van der Waals surface area (Å²) in [6, 6.07) is 23.9. The topological polar surface area (TPSA) is 82.3 Å². The predicted molar refractivity (Wildman–Crippen MR) is 123 cm³/mol. The number of nitrogens with zero attached hydrogens (tertiary/aromatic N) is 2. The van der Waals surface area contributed by atoms with Crippen LogP contribution in [-0.4, -0.2) is 22.2 Å². The molecule has 3 aromatic carbocycles. The summed E-state index contributed by atoms with van der Waals surface area (Å²) in [5.74, 6) is 0.294. The number of ether oxygens (including phenoxy) is 1. The van der Waals surface area contributed by atoms with Crippen LogP contribution in [0, 0.1) is 0 Å². The van der Waals surface area contributed by atoms with Crippen molar-refractivity contribution in [2.75, 3.05) is 7.11 Å². The highest BCUT2D eigenvalue weighted by Crippen LogP contribution is 2.17. The zero-order valence-corrected chi connectivity index (χ0v) is 17.7. The maximum atomic E-state index is 12.9. The van der Waals surface area contributed by atoms with Crippen LogP contribution in [0.2, 0.25) is 0 Å². The molecule has 162 valence electrons. The van der Waals surface area contributed by atoms with Gasteiger partial charge in [0.25, 0.3) is 0 Å². The molecule has 0 saturated carbocycles. The minimum Gasteiger partial charge on any atom is -0.496 e. The number of amides is 1. The molecule has 0 aliphatic rings. The molecule has 0 bridgehead atoms. The molecular weight excluding hydrogens is 406 g/mol. The second-order valence-electron chi connectivity index (χ2n) is 7.35. The van der Waals surface area contributed by atoms with E-state index in [4.69, 9.17) is 4.74 Å². The standard InChI is InChI=1S/C25H23N3O4/c1-32-22-14-8-5-11-19(22)15-26-23(29)17-28-21-13-7-6-12-20(21)27(24(30)25(28)31)16-18-9-3-2-4-10-18/h2-14H,15-17H2,1H3,(H,26,29). The van der Waals surface area contributed by atoms with Crippen LogP contribution in [0.25, 0.3) is 11.0 Å². The molecule has 0 radical (unpaired) electrons. The number of fused-ring (bicyclic) bond motifs is 1. The minimum atomic E-state index is -0.730. The van der Waals surface area contributed by atoms with Crippen molar-refractivity contribution in [3.8, 4) is 5.75 Å². The normalized spacial score (nSPS) is 10.8. The van der Waals surface area contributed by atoms with Crippen molar-refractivity contribution >= 4 is 16.9 Å². The summed E-state index contributed by atoms with van der Waals surface area (Å²) >= 11 is 0. The van der Waals surface area contributed by atoms with Crippen LogP contribution < -0.4 is 21.2 Å². The lowest BCUT2D eigenvalue weighted by Crippen LogP contribution is -2.44. The van der Waals surface area contributed by atoms with E-state index in [1.54, 1.807) is 31.4 Å². The smallest absolute Gasteiger partial charge is 0.317 e. The van der Waals surface area contributed by atoms with Gasteiger partial charge in [-0.3, -0.25) is 23.5 Å². The Morgan fingerprint density at radius 2 is 1.41 bits per heavy atom. The Bertz CT molecular complexity index is 1370. The highest BCUT2D eigenvalue weighted by atomic mass is 16.5. The number of benzene rings is 3. The van der Waals surface area contributed by atoms with Crippen molar-refractivity contribution in [1.29, 1.82) is 0 Å². The Labute approximate surface area is 184 Å². The highest BCUT2D eigenvalue weighted by Gasteiger charge is 2.15. The van der Waals surface area contributed by atoms with Crippen molar-refractivity contribution < 1.29 is 9.53 Å². The summed E-state index contributed by atoms with van der Waals surface area (Å²) in [4.78, 5) is 38.5. The summed E-state index contributed by atoms with van der Waals surface area (Å²) in [6.45, 7) is 0.271. The van der Waals surface area contributed by atoms with E-state index in [2.05, 4.69) is 5.32 Å². The van der Waals surface area contributed by atoms with Crippen molar-refractivity contribution in [3.63, 3.8) is 0 Å². The lowest BCUT2D eigenvalue weighted by Gasteiger charge is -2.15. The maximum Gasteiger partial charge on any atom is 0.317 e. The van der Waals surface area contributed by atoms with E-state index in [0.29, 0.717) is 16.8 Å². The van der Waals surface area contributed by atoms with Crippen molar-refractivity contribution in [2.24, 2.45) is 0 Å². The Morgan fingerprint density at radius 3 is 2.12 bits per heavy atom. The maximum absolute atomic E-state index is 12.9. The fraction of sp³-hybridized carbons (Fsp3) is 0.160. The van der Waals surface area contributed by atoms with Gasteiger partial charge in [-0.15, -0.1) is 0 Å². The zero-order chi connectivity index (χ0) is 22.5. The van der Waals surface area contributed by atoms with Gasteiger partial charge in [0.15, 0.2) is 0 Å². The van der Waals surface area contributed by atoms with Gasteiger partial charge in [-0.2, -0.15) is 0 Å². The fourth-order valence-corrected chi connectivity index (χ4v) is 3.69. The van der Waals surface area contributed by atoms with Gasteiger partial charge < -0.3 is 10.1 Å². The predicted octanol–water partition coefficient (Wildman–Crippen LogP) is 2.54. The molecule has 0 aliphatic heterocycles. The first-order valence-corrected chi connectivity index (χ1v) is 10.2. The Balaban J connectivity index is 1.64. The Morgan fingerprint density at radius 1 is 0.812 bits per heavy atom. The van der Waals surface area contributed by atoms with Crippen LogP contribution in [0.15, 0.2) is 88.5 Å². The zero-order valence-electron chi connectivity index (χ0n) is 17.7. The summed E-state index contributed by atoms with van der Waals surface area (Å²) in [5.41, 5.74) is 1.46. The number of rotatable bonds is 7. The first-order chi connectivity index (χ1) is 15.6. The molecule has 0 atom stereocenters. The van der Waals surface area contributed by atoms with E-state index < -0.39 is 11.1 Å². The van der Waals surface area contributed by atoms with E-state index in [1.807, 2.05) is 54.6 Å². The quantitative estimate of drug-likeness (QED) is 0.458. The number of hydrogen-bond donors (Lipinski definition) is 1. The van der Waals surface area contributed by atoms with Crippen LogP contribution in [0.3, 0.4) is 0 Å². The molecule has 4 rings (SSSR count). The first kappa shape index (κ1) is 21.1. The molecule has 32 heavy (non-hydrogen) atoms. The van der Waals surface area contributed by atoms with Crippen LogP contribution in [0.5, 0.6) is 5.75 Å². The monoisotopic (exact) mass is 429 g/mol. The number of methoxy groups -OCH3 is 1. The SMILES string of the molecule is COc1ccccc1CNC(=O)Cn1c(=O)c(=O)n(Cc2ccccc2)c2ccccc21. The lowest BCUT2D eigenvalue weighted by molar-refractivity contribution is -0.121. The molecule has 7 heteroatoms. The van der Waals surface area contributed by atoms with Gasteiger partial charge in [0, 0.05) is 12.1 Å². The van der Waals surface area contributed by atoms with Crippen LogP contribution in [0.4, 0.5) is 0 Å². The van der Waals surface area contributed by atoms with E-state index in [-0.39, 0.29) is 25.5 Å².